The van der Waals surface area contributed by atoms with E-state index in [4.69, 9.17) is 4.74 Å². The normalized spacial score (nSPS) is 21.7. The van der Waals surface area contributed by atoms with Crippen LogP contribution in [-0.4, -0.2) is 35.4 Å². The maximum Gasteiger partial charge on any atom is 0.249 e. The Labute approximate surface area is 165 Å². The van der Waals surface area contributed by atoms with Crippen molar-refractivity contribution < 1.29 is 14.5 Å². The summed E-state index contributed by atoms with van der Waals surface area (Å²) in [7, 11) is 1.57. The lowest BCUT2D eigenvalue weighted by Gasteiger charge is -2.25. The molecule has 2 aromatic rings. The molecule has 1 amide bonds. The van der Waals surface area contributed by atoms with Gasteiger partial charge in [-0.25, -0.2) is 0 Å². The number of unbranched alkanes of at least 4 members (excludes halogenated alkanes) is 1. The Morgan fingerprint density at radius 2 is 1.89 bits per heavy atom. The van der Waals surface area contributed by atoms with Gasteiger partial charge in [0.05, 0.1) is 7.11 Å². The maximum absolute atomic E-state index is 13.3. The largest absolute Gasteiger partial charge is 0.497 e. The highest BCUT2D eigenvalue weighted by molar-refractivity contribution is 5.83. The summed E-state index contributed by atoms with van der Waals surface area (Å²) in [5.74, 6) is -0.175. The average Bonchev–Trinajstić information content (AvgIpc) is 2.99. The lowest BCUT2D eigenvalue weighted by molar-refractivity contribution is -0.532. The second-order valence-electron chi connectivity index (χ2n) is 7.18. The van der Waals surface area contributed by atoms with Gasteiger partial charge in [0.1, 0.15) is 17.7 Å². The molecule has 1 heterocycles. The zero-order valence-electron chi connectivity index (χ0n) is 16.3. The second kappa shape index (κ2) is 8.87. The van der Waals surface area contributed by atoms with Crippen LogP contribution >= 0.6 is 0 Å². The van der Waals surface area contributed by atoms with Gasteiger partial charge in [-0.05, 0) is 36.1 Å². The summed E-state index contributed by atoms with van der Waals surface area (Å²) >= 11 is 0. The van der Waals surface area contributed by atoms with E-state index in [1.54, 1.807) is 24.1 Å². The summed E-state index contributed by atoms with van der Waals surface area (Å²) in [4.78, 5) is 26.8. The van der Waals surface area contributed by atoms with E-state index < -0.39 is 18.0 Å². The predicted octanol–water partition coefficient (Wildman–Crippen LogP) is 3.88. The van der Waals surface area contributed by atoms with Crippen LogP contribution in [0.15, 0.2) is 54.6 Å². The van der Waals surface area contributed by atoms with Crippen LogP contribution in [0.3, 0.4) is 0 Å². The third kappa shape index (κ3) is 4.01. The van der Waals surface area contributed by atoms with Crippen LogP contribution in [0.5, 0.6) is 5.75 Å². The molecule has 0 unspecified atom stereocenters. The molecule has 2 aromatic carbocycles. The molecule has 3 rings (SSSR count). The van der Waals surface area contributed by atoms with Crippen molar-refractivity contribution in [3.63, 3.8) is 0 Å². The fourth-order valence-corrected chi connectivity index (χ4v) is 4.02. The molecule has 1 aliphatic rings. The van der Waals surface area contributed by atoms with Crippen molar-refractivity contribution in [2.75, 3.05) is 13.7 Å². The van der Waals surface area contributed by atoms with Gasteiger partial charge in [-0.1, -0.05) is 55.8 Å². The molecule has 0 bridgehead atoms. The zero-order valence-corrected chi connectivity index (χ0v) is 16.3. The molecule has 3 atom stereocenters. The van der Waals surface area contributed by atoms with Gasteiger partial charge in [0.15, 0.2) is 0 Å². The quantitative estimate of drug-likeness (QED) is 0.513. The van der Waals surface area contributed by atoms with Crippen LogP contribution in [0, 0.1) is 16.0 Å². The van der Waals surface area contributed by atoms with Gasteiger partial charge in [0, 0.05) is 11.5 Å². The first-order valence-electron chi connectivity index (χ1n) is 9.68. The number of carbonyl (C=O) groups is 1. The first-order valence-corrected chi connectivity index (χ1v) is 9.68. The Bertz CT molecular complexity index is 824. The Morgan fingerprint density at radius 3 is 2.54 bits per heavy atom. The molecule has 6 nitrogen and oxygen atoms in total. The molecule has 28 heavy (non-hydrogen) atoms. The minimum atomic E-state index is -0.989. The lowest BCUT2D eigenvalue weighted by atomic mass is 9.89. The first kappa shape index (κ1) is 19.9. The summed E-state index contributed by atoms with van der Waals surface area (Å²) in [6.07, 6.45) is 2.10. The van der Waals surface area contributed by atoms with Crippen molar-refractivity contribution in [1.82, 2.24) is 4.90 Å². The number of likely N-dealkylation sites (tertiary alicyclic amines) is 1. The molecule has 0 aliphatic carbocycles. The monoisotopic (exact) mass is 382 g/mol. The first-order chi connectivity index (χ1) is 13.6. The Balaban J connectivity index is 2.01. The van der Waals surface area contributed by atoms with E-state index in [9.17, 15) is 14.9 Å². The second-order valence-corrected chi connectivity index (χ2v) is 7.18. The van der Waals surface area contributed by atoms with Gasteiger partial charge in [0.2, 0.25) is 11.9 Å². The number of nitrogens with zero attached hydrogens (tertiary/aromatic N) is 2. The third-order valence-electron chi connectivity index (χ3n) is 5.40. The summed E-state index contributed by atoms with van der Waals surface area (Å²) in [6.45, 7) is 2.57. The molecule has 1 aliphatic heterocycles. The molecule has 0 spiro atoms. The van der Waals surface area contributed by atoms with E-state index in [-0.39, 0.29) is 10.8 Å². The van der Waals surface area contributed by atoms with E-state index in [0.29, 0.717) is 18.7 Å². The Hall–Kier alpha value is -2.89. The van der Waals surface area contributed by atoms with E-state index in [1.807, 2.05) is 49.4 Å². The van der Waals surface area contributed by atoms with Crippen LogP contribution in [0.4, 0.5) is 0 Å². The fraction of sp³-hybridized carbons (Fsp3) is 0.409. The molecule has 1 fully saturated rings. The number of amides is 1. The highest BCUT2D eigenvalue weighted by Crippen LogP contribution is 2.41. The van der Waals surface area contributed by atoms with Crippen LogP contribution in [0.1, 0.15) is 36.9 Å². The summed E-state index contributed by atoms with van der Waals surface area (Å²) in [5, 5.41) is 12.1. The standard InChI is InChI=1S/C22H26N2O4/c1-3-4-13-23-20(17-11-8-12-18(15-17)28-2)21(24(26)27)19(22(23)25)14-16-9-6-5-7-10-16/h5-12,15,19-21H,3-4,13-14H2,1-2H3/t19-,20+,21-/m0/s1. The molecule has 0 N–H and O–H groups in total. The highest BCUT2D eigenvalue weighted by atomic mass is 16.6. The van der Waals surface area contributed by atoms with E-state index in [1.165, 1.54) is 0 Å². The average molecular weight is 382 g/mol. The van der Waals surface area contributed by atoms with Gasteiger partial charge in [0.25, 0.3) is 0 Å². The summed E-state index contributed by atoms with van der Waals surface area (Å²) in [6, 6.07) is 15.2. The summed E-state index contributed by atoms with van der Waals surface area (Å²) in [5.41, 5.74) is 1.69. The van der Waals surface area contributed by atoms with Crippen molar-refractivity contribution in [2.45, 2.75) is 38.3 Å². The van der Waals surface area contributed by atoms with Crippen molar-refractivity contribution in [1.29, 1.82) is 0 Å². The molecular weight excluding hydrogens is 356 g/mol. The van der Waals surface area contributed by atoms with Crippen molar-refractivity contribution in [2.24, 2.45) is 5.92 Å². The molecule has 0 saturated carbocycles. The minimum absolute atomic E-state index is 0.133. The number of carbonyl (C=O) groups excluding carboxylic acids is 1. The predicted molar refractivity (Wildman–Crippen MR) is 107 cm³/mol. The number of benzene rings is 2. The highest BCUT2D eigenvalue weighted by Gasteiger charge is 2.55. The third-order valence-corrected chi connectivity index (χ3v) is 5.40. The number of rotatable bonds is 8. The maximum atomic E-state index is 13.3. The van der Waals surface area contributed by atoms with Crippen LogP contribution in [0.2, 0.25) is 0 Å². The van der Waals surface area contributed by atoms with Gasteiger partial charge in [-0.3, -0.25) is 14.9 Å². The molecular formula is C22H26N2O4. The Morgan fingerprint density at radius 1 is 1.14 bits per heavy atom. The van der Waals surface area contributed by atoms with Crippen molar-refractivity contribution >= 4 is 5.91 Å². The van der Waals surface area contributed by atoms with Crippen LogP contribution < -0.4 is 4.74 Å². The van der Waals surface area contributed by atoms with E-state index in [2.05, 4.69) is 0 Å². The SMILES string of the molecule is CCCCN1C(=O)[C@@H](Cc2ccccc2)[C@H]([N+](=O)[O-])[C@H]1c1cccc(OC)c1. The number of ether oxygens (including phenoxy) is 1. The summed E-state index contributed by atoms with van der Waals surface area (Å²) < 4.78 is 5.30. The molecule has 1 saturated heterocycles. The van der Waals surface area contributed by atoms with Crippen molar-refractivity contribution in [3.8, 4) is 5.75 Å². The lowest BCUT2D eigenvalue weighted by Crippen LogP contribution is -2.34. The topological polar surface area (TPSA) is 72.7 Å². The molecule has 6 heteroatoms. The smallest absolute Gasteiger partial charge is 0.249 e. The van der Waals surface area contributed by atoms with Crippen molar-refractivity contribution in [3.05, 3.63) is 75.8 Å². The fourth-order valence-electron chi connectivity index (χ4n) is 4.02. The number of hydrogen-bond donors (Lipinski definition) is 0. The van der Waals surface area contributed by atoms with Gasteiger partial charge in [-0.2, -0.15) is 0 Å². The number of methoxy groups -OCH3 is 1. The minimum Gasteiger partial charge on any atom is -0.497 e. The van der Waals surface area contributed by atoms with Crippen LogP contribution in [-0.2, 0) is 11.2 Å². The van der Waals surface area contributed by atoms with Gasteiger partial charge in [-0.15, -0.1) is 0 Å². The number of hydrogen-bond acceptors (Lipinski definition) is 4. The van der Waals surface area contributed by atoms with Gasteiger partial charge >= 0.3 is 0 Å². The zero-order chi connectivity index (χ0) is 20.1. The molecule has 148 valence electrons. The van der Waals surface area contributed by atoms with Gasteiger partial charge < -0.3 is 9.64 Å². The molecule has 0 aromatic heterocycles. The van der Waals surface area contributed by atoms with Crippen LogP contribution in [0.25, 0.3) is 0 Å². The number of nitro groups is 1. The van der Waals surface area contributed by atoms with E-state index >= 15 is 0 Å². The Kier molecular flexibility index (Phi) is 6.29. The molecule has 0 radical (unpaired) electrons. The van der Waals surface area contributed by atoms with E-state index in [0.717, 1.165) is 24.0 Å².